The Kier molecular flexibility index (Phi) is 7.76. The number of carbonyl (C=O) groups is 4. The number of hydrogen-bond donors (Lipinski definition) is 1. The van der Waals surface area contributed by atoms with Gasteiger partial charge < -0.3 is 14.3 Å². The first-order valence-electron chi connectivity index (χ1n) is 17.0. The van der Waals surface area contributed by atoms with E-state index in [9.17, 15) is 28.7 Å². The van der Waals surface area contributed by atoms with Gasteiger partial charge in [-0.25, -0.2) is 14.3 Å². The number of aromatic hydroxyl groups is 1. The second-order valence-corrected chi connectivity index (χ2v) is 15.5. The van der Waals surface area contributed by atoms with Crippen LogP contribution in [0.25, 0.3) is 22.6 Å². The number of hydrogen-bond acceptors (Lipinski definition) is 8. The SMILES string of the molecule is COc1cc([C@H]2C3=CC[C@@H]4C(=O)N(c5ccc(-c6nc7ccccc7o6)cc5)C(=O)[C@@H]4[C@@H]3C[C@@]3(Cl)C(=O)N(c4ccc(F)cc4)C(=O)[C@@]23Cl)cc(Cl)c1O. The molecular formula is C40H27Cl3FN3O7. The molecule has 0 spiro atoms. The number of rotatable bonds is 5. The van der Waals surface area contributed by atoms with Gasteiger partial charge in [0.25, 0.3) is 11.8 Å². The number of phenolic OH excluding ortho intramolecular Hbond substituents is 1. The Morgan fingerprint density at radius 1 is 0.889 bits per heavy atom. The number of methoxy groups -OCH3 is 1. The summed E-state index contributed by atoms with van der Waals surface area (Å²) in [6, 6.07) is 21.7. The summed E-state index contributed by atoms with van der Waals surface area (Å²) in [6.45, 7) is 0. The van der Waals surface area contributed by atoms with Crippen molar-refractivity contribution in [3.8, 4) is 23.0 Å². The number of alkyl halides is 2. The molecule has 0 radical (unpaired) electrons. The summed E-state index contributed by atoms with van der Waals surface area (Å²) in [7, 11) is 1.32. The number of halogens is 4. The van der Waals surface area contributed by atoms with Crippen molar-refractivity contribution in [3.63, 3.8) is 0 Å². The number of allylic oxidation sites excluding steroid dienone is 2. The minimum atomic E-state index is -2.19. The number of oxazole rings is 1. The lowest BCUT2D eigenvalue weighted by molar-refractivity contribution is -0.125. The van der Waals surface area contributed by atoms with Crippen LogP contribution in [-0.2, 0) is 19.2 Å². The Hall–Kier alpha value is -5.23. The number of amides is 4. The number of carbonyl (C=O) groups excluding carboxylic acids is 4. The van der Waals surface area contributed by atoms with E-state index in [2.05, 4.69) is 4.98 Å². The van der Waals surface area contributed by atoms with E-state index in [-0.39, 0.29) is 40.6 Å². The summed E-state index contributed by atoms with van der Waals surface area (Å²) in [5.41, 5.74) is 3.15. The van der Waals surface area contributed by atoms with Gasteiger partial charge in [-0.15, -0.1) is 23.2 Å². The topological polar surface area (TPSA) is 130 Å². The molecular weight excluding hydrogens is 760 g/mol. The van der Waals surface area contributed by atoms with E-state index >= 15 is 0 Å². The average Bonchev–Trinajstić information content (AvgIpc) is 3.76. The Morgan fingerprint density at radius 2 is 1.57 bits per heavy atom. The van der Waals surface area contributed by atoms with Gasteiger partial charge in [0.15, 0.2) is 26.8 Å². The first kappa shape index (κ1) is 34.5. The van der Waals surface area contributed by atoms with Gasteiger partial charge in [-0.1, -0.05) is 35.4 Å². The highest BCUT2D eigenvalue weighted by atomic mass is 35.5. The van der Waals surface area contributed by atoms with E-state index in [1.165, 1.54) is 31.4 Å². The summed E-state index contributed by atoms with van der Waals surface area (Å²) in [6.07, 6.45) is 1.65. The molecule has 2 saturated heterocycles. The average molecular weight is 787 g/mol. The van der Waals surface area contributed by atoms with Gasteiger partial charge in [0.05, 0.1) is 35.3 Å². The molecule has 1 saturated carbocycles. The third-order valence-corrected chi connectivity index (χ3v) is 12.9. The van der Waals surface area contributed by atoms with Crippen molar-refractivity contribution in [2.75, 3.05) is 16.9 Å². The molecule has 0 unspecified atom stereocenters. The molecule has 5 aromatic rings. The monoisotopic (exact) mass is 785 g/mol. The van der Waals surface area contributed by atoms with Crippen LogP contribution < -0.4 is 14.5 Å². The Labute approximate surface area is 321 Å². The van der Waals surface area contributed by atoms with Crippen LogP contribution in [0.2, 0.25) is 5.02 Å². The summed E-state index contributed by atoms with van der Waals surface area (Å²) in [5, 5.41) is 10.5. The molecule has 10 nitrogen and oxygen atoms in total. The number of fused-ring (bicyclic) bond motifs is 5. The summed E-state index contributed by atoms with van der Waals surface area (Å²) < 4.78 is 25.2. The fourth-order valence-electron chi connectivity index (χ4n) is 8.69. The Balaban J connectivity index is 1.13. The smallest absolute Gasteiger partial charge is 0.258 e. The minimum Gasteiger partial charge on any atom is -0.503 e. The molecule has 2 aliphatic carbocycles. The van der Waals surface area contributed by atoms with Crippen LogP contribution in [-0.4, -0.2) is 50.6 Å². The second-order valence-electron chi connectivity index (χ2n) is 13.8. The molecule has 4 aliphatic rings. The molecule has 54 heavy (non-hydrogen) atoms. The first-order chi connectivity index (χ1) is 25.9. The van der Waals surface area contributed by atoms with Gasteiger partial charge >= 0.3 is 0 Å². The molecule has 4 amide bonds. The van der Waals surface area contributed by atoms with E-state index in [0.717, 1.165) is 21.9 Å². The third kappa shape index (κ3) is 4.67. The highest BCUT2D eigenvalue weighted by molar-refractivity contribution is 6.58. The number of aromatic nitrogens is 1. The zero-order valence-corrected chi connectivity index (χ0v) is 30.4. The maximum atomic E-state index is 14.6. The van der Waals surface area contributed by atoms with Crippen molar-refractivity contribution in [2.24, 2.45) is 17.8 Å². The quantitative estimate of drug-likeness (QED) is 0.109. The third-order valence-electron chi connectivity index (χ3n) is 11.2. The van der Waals surface area contributed by atoms with Gasteiger partial charge in [-0.2, -0.15) is 0 Å². The van der Waals surface area contributed by atoms with Gasteiger partial charge in [0, 0.05) is 11.5 Å². The molecule has 4 aromatic carbocycles. The second kappa shape index (κ2) is 12.1. The van der Waals surface area contributed by atoms with Crippen molar-refractivity contribution in [1.29, 1.82) is 0 Å². The molecule has 2 aliphatic heterocycles. The summed E-state index contributed by atoms with van der Waals surface area (Å²) in [4.78, 5) is 60.0. The molecule has 0 bridgehead atoms. The number of phenols is 1. The van der Waals surface area contributed by atoms with E-state index in [1.54, 1.807) is 30.3 Å². The molecule has 1 N–H and O–H groups in total. The zero-order valence-electron chi connectivity index (χ0n) is 28.1. The molecule has 272 valence electrons. The lowest BCUT2D eigenvalue weighted by Gasteiger charge is -2.50. The largest absolute Gasteiger partial charge is 0.503 e. The molecule has 9 rings (SSSR count). The number of nitrogens with zero attached hydrogens (tertiary/aromatic N) is 3. The van der Waals surface area contributed by atoms with Crippen molar-refractivity contribution < 1.29 is 37.8 Å². The van der Waals surface area contributed by atoms with Crippen LogP contribution >= 0.6 is 34.8 Å². The molecule has 14 heteroatoms. The van der Waals surface area contributed by atoms with Crippen molar-refractivity contribution in [1.82, 2.24) is 4.98 Å². The highest BCUT2D eigenvalue weighted by Crippen LogP contribution is 2.66. The summed E-state index contributed by atoms with van der Waals surface area (Å²) >= 11 is 21.3. The summed E-state index contributed by atoms with van der Waals surface area (Å²) in [5.74, 6) is -7.01. The Morgan fingerprint density at radius 3 is 2.28 bits per heavy atom. The van der Waals surface area contributed by atoms with Crippen LogP contribution in [0.5, 0.6) is 11.5 Å². The number of benzene rings is 4. The standard InChI is InChI=1S/C40H27Cl3FN3O7/c1-53-30-17-20(16-27(41)33(30)48)32-24-14-15-25-31(26(24)18-39(42)37(51)47(38(52)40(32,39)43)23-12-8-21(44)9-13-23)36(50)46(35(25)49)22-10-6-19(7-11-22)34-45-28-4-2-3-5-29(28)54-34/h2-14,16-17,25-26,31-32,48H,15,18H2,1H3/t25-,26+,31-,32-,39+,40-/m0/s1. The predicted molar refractivity (Wildman–Crippen MR) is 198 cm³/mol. The van der Waals surface area contributed by atoms with E-state index in [0.29, 0.717) is 33.8 Å². The maximum Gasteiger partial charge on any atom is 0.258 e. The number of para-hydroxylation sites is 2. The van der Waals surface area contributed by atoms with Gasteiger partial charge in [0.2, 0.25) is 17.7 Å². The molecule has 6 atom stereocenters. The Bertz CT molecular complexity index is 2460. The zero-order chi connectivity index (χ0) is 37.8. The first-order valence-corrected chi connectivity index (χ1v) is 18.1. The van der Waals surface area contributed by atoms with Crippen LogP contribution in [0.3, 0.4) is 0 Å². The van der Waals surface area contributed by atoms with Crippen molar-refractivity contribution in [2.45, 2.75) is 28.5 Å². The molecule has 1 aromatic heterocycles. The lowest BCUT2D eigenvalue weighted by atomic mass is 9.56. The van der Waals surface area contributed by atoms with Crippen molar-refractivity contribution >= 4 is 80.9 Å². The van der Waals surface area contributed by atoms with E-state index < -0.39 is 62.9 Å². The predicted octanol–water partition coefficient (Wildman–Crippen LogP) is 7.77. The number of ether oxygens (including phenoxy) is 1. The number of anilines is 2. The van der Waals surface area contributed by atoms with Crippen LogP contribution in [0, 0.1) is 23.6 Å². The van der Waals surface area contributed by atoms with Crippen LogP contribution in [0.1, 0.15) is 24.3 Å². The van der Waals surface area contributed by atoms with Gasteiger partial charge in [-0.05, 0) is 97.1 Å². The normalized spacial score (nSPS) is 27.6. The van der Waals surface area contributed by atoms with Crippen molar-refractivity contribution in [3.05, 3.63) is 113 Å². The highest BCUT2D eigenvalue weighted by Gasteiger charge is 2.76. The fraction of sp³-hybridized carbons (Fsp3) is 0.225. The van der Waals surface area contributed by atoms with E-state index in [4.69, 9.17) is 44.0 Å². The maximum absolute atomic E-state index is 14.6. The van der Waals surface area contributed by atoms with Gasteiger partial charge in [0.1, 0.15) is 11.3 Å². The molecule has 3 fully saturated rings. The van der Waals surface area contributed by atoms with E-state index in [1.807, 2.05) is 24.3 Å². The molecule has 3 heterocycles. The minimum absolute atomic E-state index is 0.0268. The van der Waals surface area contributed by atoms with Crippen LogP contribution in [0.15, 0.2) is 101 Å². The van der Waals surface area contributed by atoms with Crippen LogP contribution in [0.4, 0.5) is 15.8 Å². The fourth-order valence-corrected chi connectivity index (χ4v) is 9.85. The number of imide groups is 2. The lowest BCUT2D eigenvalue weighted by Crippen LogP contribution is -2.60. The van der Waals surface area contributed by atoms with Gasteiger partial charge in [-0.3, -0.25) is 24.1 Å².